The van der Waals surface area contributed by atoms with Gasteiger partial charge < -0.3 is 9.72 Å². The summed E-state index contributed by atoms with van der Waals surface area (Å²) in [7, 11) is 1.24. The molecule has 0 saturated heterocycles. The van der Waals surface area contributed by atoms with Crippen molar-refractivity contribution in [3.63, 3.8) is 0 Å². The Morgan fingerprint density at radius 3 is 2.87 bits per heavy atom. The molecule has 0 bridgehead atoms. The number of hydrogen-bond acceptors (Lipinski definition) is 2. The largest absolute Gasteiger partial charge is 0.464 e. The summed E-state index contributed by atoms with van der Waals surface area (Å²) in [6, 6.07) is 4.45. The average molecular weight is 228 g/mol. The van der Waals surface area contributed by atoms with Crippen LogP contribution in [0.3, 0.4) is 0 Å². The smallest absolute Gasteiger partial charge is 0.356 e. The Bertz CT molecular complexity index is 535. The molecular formula is C10H7ClFNO2. The lowest BCUT2D eigenvalue weighted by Crippen LogP contribution is -2.01. The van der Waals surface area contributed by atoms with E-state index in [9.17, 15) is 9.18 Å². The second-order valence-electron chi connectivity index (χ2n) is 2.97. The van der Waals surface area contributed by atoms with Crippen molar-refractivity contribution < 1.29 is 13.9 Å². The van der Waals surface area contributed by atoms with Crippen LogP contribution in [0.25, 0.3) is 10.9 Å². The highest BCUT2D eigenvalue weighted by Crippen LogP contribution is 2.29. The fraction of sp³-hybridized carbons (Fsp3) is 0.100. The maximum atomic E-state index is 13.4. The van der Waals surface area contributed by atoms with Crippen molar-refractivity contribution in [3.8, 4) is 0 Å². The van der Waals surface area contributed by atoms with E-state index >= 15 is 0 Å². The highest BCUT2D eigenvalue weighted by atomic mass is 35.5. The Balaban J connectivity index is 2.75. The normalized spacial score (nSPS) is 10.6. The predicted molar refractivity (Wildman–Crippen MR) is 54.6 cm³/mol. The summed E-state index contributed by atoms with van der Waals surface area (Å²) in [5, 5.41) is 0.259. The van der Waals surface area contributed by atoms with E-state index in [1.165, 1.54) is 19.2 Å². The molecule has 1 aromatic heterocycles. The molecule has 78 valence electrons. The average Bonchev–Trinajstić information content (AvgIpc) is 2.56. The van der Waals surface area contributed by atoms with Crippen LogP contribution in [0.2, 0.25) is 5.02 Å². The molecule has 1 heterocycles. The summed E-state index contributed by atoms with van der Waals surface area (Å²) < 4.78 is 17.9. The minimum Gasteiger partial charge on any atom is -0.464 e. The lowest BCUT2D eigenvalue weighted by Gasteiger charge is -1.94. The molecule has 1 N–H and O–H groups in total. The number of halogens is 2. The van der Waals surface area contributed by atoms with Gasteiger partial charge in [-0.2, -0.15) is 0 Å². The third-order valence-corrected chi connectivity index (χ3v) is 2.48. The number of ether oxygens (including phenoxy) is 1. The van der Waals surface area contributed by atoms with Crippen LogP contribution in [0, 0.1) is 5.82 Å². The van der Waals surface area contributed by atoms with Crippen LogP contribution in [-0.4, -0.2) is 18.1 Å². The van der Waals surface area contributed by atoms with Crippen LogP contribution in [-0.2, 0) is 4.74 Å². The fourth-order valence-corrected chi connectivity index (χ4v) is 1.73. The quantitative estimate of drug-likeness (QED) is 0.762. The molecule has 0 aliphatic heterocycles. The Morgan fingerprint density at radius 2 is 2.27 bits per heavy atom. The first-order valence-electron chi connectivity index (χ1n) is 4.19. The van der Waals surface area contributed by atoms with Crippen LogP contribution in [0.15, 0.2) is 18.2 Å². The molecule has 0 radical (unpaired) electrons. The van der Waals surface area contributed by atoms with E-state index in [4.69, 9.17) is 11.6 Å². The molecule has 0 fully saturated rings. The van der Waals surface area contributed by atoms with Gasteiger partial charge in [0, 0.05) is 0 Å². The van der Waals surface area contributed by atoms with E-state index in [0.717, 1.165) is 0 Å². The molecule has 0 saturated carbocycles. The second-order valence-corrected chi connectivity index (χ2v) is 3.35. The molecule has 0 aliphatic rings. The van der Waals surface area contributed by atoms with Crippen molar-refractivity contribution in [2.75, 3.05) is 7.11 Å². The van der Waals surface area contributed by atoms with Crippen molar-refractivity contribution in [2.24, 2.45) is 0 Å². The first-order chi connectivity index (χ1) is 7.15. The Labute approximate surface area is 89.8 Å². The zero-order chi connectivity index (χ0) is 11.0. The number of hydrogen-bond donors (Lipinski definition) is 1. The van der Waals surface area contributed by atoms with Crippen molar-refractivity contribution in [2.45, 2.75) is 0 Å². The number of nitrogens with one attached hydrogen (secondary N) is 1. The summed E-state index contributed by atoms with van der Waals surface area (Å²) in [6.07, 6.45) is 0. The van der Waals surface area contributed by atoms with Gasteiger partial charge in [0.1, 0.15) is 11.5 Å². The standard InChI is InChI=1S/C10H7ClFNO2/c1-15-10(14)9-8(11)7-5(12)3-2-4-6(7)13-9/h2-4,13H,1H3. The molecule has 2 aromatic rings. The highest BCUT2D eigenvalue weighted by Gasteiger charge is 2.18. The zero-order valence-electron chi connectivity index (χ0n) is 7.80. The summed E-state index contributed by atoms with van der Waals surface area (Å²) in [6.45, 7) is 0. The molecule has 2 rings (SSSR count). The number of fused-ring (bicyclic) bond motifs is 1. The van der Waals surface area contributed by atoms with E-state index in [-0.39, 0.29) is 16.1 Å². The minimum absolute atomic E-state index is 0.0509. The Morgan fingerprint density at radius 1 is 1.53 bits per heavy atom. The van der Waals surface area contributed by atoms with Crippen LogP contribution >= 0.6 is 11.6 Å². The summed E-state index contributed by atoms with van der Waals surface area (Å²) >= 11 is 5.86. The van der Waals surface area contributed by atoms with Gasteiger partial charge in [0.25, 0.3) is 0 Å². The van der Waals surface area contributed by atoms with Crippen LogP contribution < -0.4 is 0 Å². The van der Waals surface area contributed by atoms with Crippen LogP contribution in [0.5, 0.6) is 0 Å². The van der Waals surface area contributed by atoms with Crippen molar-refractivity contribution >= 4 is 28.5 Å². The highest BCUT2D eigenvalue weighted by molar-refractivity contribution is 6.38. The summed E-state index contributed by atoms with van der Waals surface area (Å²) in [5.74, 6) is -1.08. The maximum Gasteiger partial charge on any atom is 0.356 e. The van der Waals surface area contributed by atoms with E-state index in [1.54, 1.807) is 6.07 Å². The van der Waals surface area contributed by atoms with E-state index in [0.29, 0.717) is 5.52 Å². The Kier molecular flexibility index (Phi) is 2.36. The topological polar surface area (TPSA) is 42.1 Å². The van der Waals surface area contributed by atoms with E-state index in [2.05, 4.69) is 9.72 Å². The molecule has 0 spiro atoms. The minimum atomic E-state index is -0.615. The molecule has 0 amide bonds. The van der Waals surface area contributed by atoms with E-state index < -0.39 is 11.8 Å². The van der Waals surface area contributed by atoms with Gasteiger partial charge in [0.05, 0.1) is 23.0 Å². The van der Waals surface area contributed by atoms with Crippen LogP contribution in [0.4, 0.5) is 4.39 Å². The number of esters is 1. The van der Waals surface area contributed by atoms with Gasteiger partial charge in [-0.05, 0) is 12.1 Å². The van der Waals surface area contributed by atoms with Crippen LogP contribution in [0.1, 0.15) is 10.5 Å². The van der Waals surface area contributed by atoms with Gasteiger partial charge in [0.15, 0.2) is 0 Å². The van der Waals surface area contributed by atoms with Gasteiger partial charge in [-0.1, -0.05) is 17.7 Å². The molecule has 5 heteroatoms. The zero-order valence-corrected chi connectivity index (χ0v) is 8.56. The molecular weight excluding hydrogens is 221 g/mol. The summed E-state index contributed by atoms with van der Waals surface area (Å²) in [5.41, 5.74) is 0.541. The Hall–Kier alpha value is -1.55. The second kappa shape index (κ2) is 3.55. The van der Waals surface area contributed by atoms with Gasteiger partial charge in [0.2, 0.25) is 0 Å². The third-order valence-electron chi connectivity index (χ3n) is 2.10. The first-order valence-corrected chi connectivity index (χ1v) is 4.57. The predicted octanol–water partition coefficient (Wildman–Crippen LogP) is 2.75. The number of rotatable bonds is 1. The third kappa shape index (κ3) is 1.47. The lowest BCUT2D eigenvalue weighted by molar-refractivity contribution is 0.0595. The number of carbonyl (C=O) groups is 1. The van der Waals surface area contributed by atoms with Gasteiger partial charge in [-0.25, -0.2) is 9.18 Å². The molecule has 0 aliphatic carbocycles. The first kappa shape index (κ1) is 9.98. The lowest BCUT2D eigenvalue weighted by atomic mass is 10.2. The number of benzene rings is 1. The number of H-pyrrole nitrogens is 1. The molecule has 0 atom stereocenters. The number of methoxy groups -OCH3 is 1. The van der Waals surface area contributed by atoms with Gasteiger partial charge in [-0.3, -0.25) is 0 Å². The van der Waals surface area contributed by atoms with E-state index in [1.807, 2.05) is 0 Å². The maximum absolute atomic E-state index is 13.4. The molecule has 3 nitrogen and oxygen atoms in total. The van der Waals surface area contributed by atoms with Crippen molar-refractivity contribution in [1.82, 2.24) is 4.98 Å². The number of aromatic nitrogens is 1. The molecule has 0 unspecified atom stereocenters. The SMILES string of the molecule is COC(=O)c1[nH]c2cccc(F)c2c1Cl. The van der Waals surface area contributed by atoms with Crippen molar-refractivity contribution in [3.05, 3.63) is 34.7 Å². The van der Waals surface area contributed by atoms with Crippen molar-refractivity contribution in [1.29, 1.82) is 0 Å². The summed E-state index contributed by atoms with van der Waals surface area (Å²) in [4.78, 5) is 14.0. The molecule has 15 heavy (non-hydrogen) atoms. The fourth-order valence-electron chi connectivity index (χ4n) is 1.41. The number of aromatic amines is 1. The number of carbonyl (C=O) groups excluding carboxylic acids is 1. The van der Waals surface area contributed by atoms with Gasteiger partial charge >= 0.3 is 5.97 Å². The molecule has 1 aromatic carbocycles. The monoisotopic (exact) mass is 227 g/mol. The van der Waals surface area contributed by atoms with Gasteiger partial charge in [-0.15, -0.1) is 0 Å².